The minimum Gasteiger partial charge on any atom is -0.350 e. The molecular weight excluding hydrogens is 319 g/mol. The number of halogens is 3. The number of carbonyl (C=O) groups excluding carboxylic acids is 1. The first-order valence-corrected chi connectivity index (χ1v) is 7.04. The van der Waals surface area contributed by atoms with E-state index in [0.717, 1.165) is 5.56 Å². The van der Waals surface area contributed by atoms with E-state index in [0.29, 0.717) is 18.0 Å². The summed E-state index contributed by atoms with van der Waals surface area (Å²) in [5.74, 6) is -0.348. The van der Waals surface area contributed by atoms with Gasteiger partial charge in [-0.15, -0.1) is 0 Å². The van der Waals surface area contributed by atoms with Gasteiger partial charge in [0.1, 0.15) is 10.8 Å². The first kappa shape index (κ1) is 15.1. The monoisotopic (exact) mass is 328 g/mol. The summed E-state index contributed by atoms with van der Waals surface area (Å²) in [4.78, 5) is 15.8. The third-order valence-electron chi connectivity index (χ3n) is 2.62. The summed E-state index contributed by atoms with van der Waals surface area (Å²) >= 11 is 17.5. The van der Waals surface area contributed by atoms with Gasteiger partial charge in [-0.05, 0) is 36.2 Å². The predicted octanol–water partition coefficient (Wildman–Crippen LogP) is 4.01. The second kappa shape index (κ2) is 6.93. The van der Waals surface area contributed by atoms with Crippen molar-refractivity contribution in [2.24, 2.45) is 0 Å². The fourth-order valence-electron chi connectivity index (χ4n) is 1.67. The zero-order valence-corrected chi connectivity index (χ0v) is 12.6. The number of hydrogen-bond donors (Lipinski definition) is 1. The highest BCUT2D eigenvalue weighted by Gasteiger charge is 2.12. The molecule has 0 aliphatic heterocycles. The first-order chi connectivity index (χ1) is 9.56. The Morgan fingerprint density at radius 1 is 1.15 bits per heavy atom. The third-order valence-corrected chi connectivity index (χ3v) is 3.37. The molecule has 0 spiro atoms. The van der Waals surface area contributed by atoms with E-state index in [4.69, 9.17) is 34.8 Å². The third kappa shape index (κ3) is 4.10. The van der Waals surface area contributed by atoms with Crippen molar-refractivity contribution in [1.82, 2.24) is 10.3 Å². The zero-order chi connectivity index (χ0) is 14.5. The summed E-state index contributed by atoms with van der Waals surface area (Å²) < 4.78 is 0. The Hall–Kier alpha value is -1.29. The van der Waals surface area contributed by atoms with Gasteiger partial charge in [-0.25, -0.2) is 4.98 Å². The van der Waals surface area contributed by atoms with E-state index in [1.54, 1.807) is 12.1 Å². The highest BCUT2D eigenvalue weighted by molar-refractivity contribution is 6.34. The molecule has 0 saturated carbocycles. The van der Waals surface area contributed by atoms with Crippen molar-refractivity contribution in [3.8, 4) is 0 Å². The van der Waals surface area contributed by atoms with Crippen LogP contribution in [0.25, 0.3) is 0 Å². The Bertz CT molecular complexity index is 632. The van der Waals surface area contributed by atoms with Crippen molar-refractivity contribution in [1.29, 1.82) is 0 Å². The van der Waals surface area contributed by atoms with Gasteiger partial charge >= 0.3 is 0 Å². The summed E-state index contributed by atoms with van der Waals surface area (Å²) in [6.07, 6.45) is 0.671. The molecule has 0 atom stereocenters. The fourth-order valence-corrected chi connectivity index (χ4v) is 2.23. The molecule has 0 aliphatic rings. The van der Waals surface area contributed by atoms with Gasteiger partial charge in [0.15, 0.2) is 0 Å². The predicted molar refractivity (Wildman–Crippen MR) is 81.7 cm³/mol. The molecule has 104 valence electrons. The molecule has 3 nitrogen and oxygen atoms in total. The van der Waals surface area contributed by atoms with Crippen molar-refractivity contribution in [2.75, 3.05) is 6.54 Å². The summed E-state index contributed by atoms with van der Waals surface area (Å²) in [5, 5.41) is 3.93. The number of aromatic nitrogens is 1. The lowest BCUT2D eigenvalue weighted by Crippen LogP contribution is -2.26. The van der Waals surface area contributed by atoms with E-state index < -0.39 is 0 Å². The standard InChI is InChI=1S/C14H11Cl3N2O/c15-10-3-1-2-9(8-10)6-7-18-14(20)13-11(16)4-5-12(17)19-13/h1-5,8H,6-7H2,(H,18,20). The lowest BCUT2D eigenvalue weighted by molar-refractivity contribution is 0.0949. The van der Waals surface area contributed by atoms with Crippen LogP contribution in [0.1, 0.15) is 16.1 Å². The molecular formula is C14H11Cl3N2O. The number of hydrogen-bond acceptors (Lipinski definition) is 2. The maximum absolute atomic E-state index is 11.9. The Morgan fingerprint density at radius 2 is 1.95 bits per heavy atom. The first-order valence-electron chi connectivity index (χ1n) is 5.91. The Labute approximate surface area is 131 Å². The summed E-state index contributed by atoms with van der Waals surface area (Å²) in [6, 6.07) is 10.6. The number of amides is 1. The topological polar surface area (TPSA) is 42.0 Å². The summed E-state index contributed by atoms with van der Waals surface area (Å²) in [6.45, 7) is 0.462. The molecule has 1 amide bonds. The van der Waals surface area contributed by atoms with Crippen molar-refractivity contribution in [2.45, 2.75) is 6.42 Å². The van der Waals surface area contributed by atoms with Crippen molar-refractivity contribution in [3.05, 3.63) is 62.9 Å². The van der Waals surface area contributed by atoms with Gasteiger partial charge in [-0.1, -0.05) is 46.9 Å². The maximum Gasteiger partial charge on any atom is 0.271 e. The molecule has 2 rings (SSSR count). The summed E-state index contributed by atoms with van der Waals surface area (Å²) in [7, 11) is 0. The average Bonchev–Trinajstić information content (AvgIpc) is 2.41. The van der Waals surface area contributed by atoms with Gasteiger partial charge < -0.3 is 5.32 Å². The normalized spacial score (nSPS) is 10.3. The van der Waals surface area contributed by atoms with Crippen LogP contribution in [0.5, 0.6) is 0 Å². The highest BCUT2D eigenvalue weighted by Crippen LogP contribution is 2.16. The smallest absolute Gasteiger partial charge is 0.271 e. The molecule has 0 fully saturated rings. The quantitative estimate of drug-likeness (QED) is 0.861. The number of carbonyl (C=O) groups is 1. The van der Waals surface area contributed by atoms with E-state index in [1.165, 1.54) is 6.07 Å². The second-order valence-electron chi connectivity index (χ2n) is 4.10. The number of nitrogens with zero attached hydrogens (tertiary/aromatic N) is 1. The molecule has 1 heterocycles. The van der Waals surface area contributed by atoms with Gasteiger partial charge in [0, 0.05) is 11.6 Å². The lowest BCUT2D eigenvalue weighted by Gasteiger charge is -2.06. The van der Waals surface area contributed by atoms with Crippen LogP contribution in [0.15, 0.2) is 36.4 Å². The number of rotatable bonds is 4. The van der Waals surface area contributed by atoms with E-state index >= 15 is 0 Å². The van der Waals surface area contributed by atoms with Crippen LogP contribution in [0.2, 0.25) is 15.2 Å². The van der Waals surface area contributed by atoms with E-state index in [9.17, 15) is 4.79 Å². The van der Waals surface area contributed by atoms with Crippen molar-refractivity contribution < 1.29 is 4.79 Å². The second-order valence-corrected chi connectivity index (χ2v) is 5.33. The molecule has 0 bridgehead atoms. The van der Waals surface area contributed by atoms with Gasteiger partial charge in [0.05, 0.1) is 5.02 Å². The van der Waals surface area contributed by atoms with E-state index in [1.807, 2.05) is 18.2 Å². The van der Waals surface area contributed by atoms with Crippen LogP contribution in [-0.2, 0) is 6.42 Å². The minimum absolute atomic E-state index is 0.130. The van der Waals surface area contributed by atoms with E-state index in [-0.39, 0.29) is 21.8 Å². The average molecular weight is 330 g/mol. The van der Waals surface area contributed by atoms with Crippen molar-refractivity contribution >= 4 is 40.7 Å². The highest BCUT2D eigenvalue weighted by atomic mass is 35.5. The number of nitrogens with one attached hydrogen (secondary N) is 1. The molecule has 0 saturated heterocycles. The Morgan fingerprint density at radius 3 is 2.70 bits per heavy atom. The van der Waals surface area contributed by atoms with Crippen LogP contribution in [0.3, 0.4) is 0 Å². The van der Waals surface area contributed by atoms with Crippen LogP contribution < -0.4 is 5.32 Å². The van der Waals surface area contributed by atoms with E-state index in [2.05, 4.69) is 10.3 Å². The maximum atomic E-state index is 11.9. The van der Waals surface area contributed by atoms with Crippen molar-refractivity contribution in [3.63, 3.8) is 0 Å². The SMILES string of the molecule is O=C(NCCc1cccc(Cl)c1)c1nc(Cl)ccc1Cl. The fraction of sp³-hybridized carbons (Fsp3) is 0.143. The molecule has 20 heavy (non-hydrogen) atoms. The van der Waals surface area contributed by atoms with Gasteiger partial charge in [-0.3, -0.25) is 4.79 Å². The molecule has 0 unspecified atom stereocenters. The molecule has 0 aliphatic carbocycles. The van der Waals surface area contributed by atoms with Gasteiger partial charge in [0.25, 0.3) is 5.91 Å². The van der Waals surface area contributed by atoms with Crippen LogP contribution in [0.4, 0.5) is 0 Å². The lowest BCUT2D eigenvalue weighted by atomic mass is 10.1. The zero-order valence-electron chi connectivity index (χ0n) is 10.4. The van der Waals surface area contributed by atoms with Crippen LogP contribution >= 0.6 is 34.8 Å². The molecule has 6 heteroatoms. The molecule has 0 radical (unpaired) electrons. The Balaban J connectivity index is 1.94. The van der Waals surface area contributed by atoms with Crippen LogP contribution in [0, 0.1) is 0 Å². The summed E-state index contributed by atoms with van der Waals surface area (Å²) in [5.41, 5.74) is 1.17. The molecule has 1 aromatic carbocycles. The van der Waals surface area contributed by atoms with Gasteiger partial charge in [0.2, 0.25) is 0 Å². The minimum atomic E-state index is -0.348. The number of pyridine rings is 1. The molecule has 1 N–H and O–H groups in total. The Kier molecular flexibility index (Phi) is 5.24. The molecule has 2 aromatic rings. The number of benzene rings is 1. The van der Waals surface area contributed by atoms with Crippen LogP contribution in [-0.4, -0.2) is 17.4 Å². The molecule has 1 aromatic heterocycles. The largest absolute Gasteiger partial charge is 0.350 e. The van der Waals surface area contributed by atoms with Gasteiger partial charge in [-0.2, -0.15) is 0 Å².